The fourth-order valence-corrected chi connectivity index (χ4v) is 3.82. The number of nitrogens with zero attached hydrogens (tertiary/aromatic N) is 1. The SMILES string of the molecule is CN([C@@H](C(=O)NCCCOC1CCCCC1)c1ccccc1)S(C)(=O)=O. The minimum absolute atomic E-state index is 0.318. The third kappa shape index (κ3) is 6.37. The Morgan fingerprint density at radius 3 is 2.50 bits per heavy atom. The fraction of sp³-hybridized carbons (Fsp3) is 0.632. The molecule has 1 aliphatic carbocycles. The number of carbonyl (C=O) groups is 1. The maximum absolute atomic E-state index is 12.6. The average Bonchev–Trinajstić information content (AvgIpc) is 2.62. The van der Waals surface area contributed by atoms with Crippen LogP contribution in [0.4, 0.5) is 0 Å². The molecule has 0 spiro atoms. The third-order valence-electron chi connectivity index (χ3n) is 4.78. The van der Waals surface area contributed by atoms with E-state index < -0.39 is 16.1 Å². The number of benzene rings is 1. The van der Waals surface area contributed by atoms with E-state index in [1.807, 2.05) is 6.07 Å². The van der Waals surface area contributed by atoms with Crippen molar-refractivity contribution < 1.29 is 17.9 Å². The molecule has 7 heteroatoms. The summed E-state index contributed by atoms with van der Waals surface area (Å²) in [5.74, 6) is -0.318. The van der Waals surface area contributed by atoms with Crippen molar-refractivity contribution in [3.63, 3.8) is 0 Å². The van der Waals surface area contributed by atoms with Gasteiger partial charge in [0.1, 0.15) is 6.04 Å². The van der Waals surface area contributed by atoms with Gasteiger partial charge in [0.05, 0.1) is 12.4 Å². The molecule has 0 aromatic heterocycles. The highest BCUT2D eigenvalue weighted by atomic mass is 32.2. The van der Waals surface area contributed by atoms with Crippen LogP contribution in [-0.2, 0) is 19.6 Å². The zero-order valence-corrected chi connectivity index (χ0v) is 16.5. The number of amides is 1. The van der Waals surface area contributed by atoms with Gasteiger partial charge in [-0.2, -0.15) is 4.31 Å². The summed E-state index contributed by atoms with van der Waals surface area (Å²) in [6, 6.07) is 8.08. The molecule has 0 unspecified atom stereocenters. The van der Waals surface area contributed by atoms with Gasteiger partial charge in [0.2, 0.25) is 15.9 Å². The minimum atomic E-state index is -3.50. The first kappa shape index (κ1) is 20.9. The summed E-state index contributed by atoms with van der Waals surface area (Å²) in [4.78, 5) is 12.6. The molecule has 26 heavy (non-hydrogen) atoms. The second-order valence-electron chi connectivity index (χ2n) is 6.87. The highest BCUT2D eigenvalue weighted by molar-refractivity contribution is 7.88. The van der Waals surface area contributed by atoms with E-state index in [4.69, 9.17) is 4.74 Å². The van der Waals surface area contributed by atoms with Gasteiger partial charge in [-0.15, -0.1) is 0 Å². The van der Waals surface area contributed by atoms with Crippen molar-refractivity contribution in [3.05, 3.63) is 35.9 Å². The monoisotopic (exact) mass is 382 g/mol. The molecular weight excluding hydrogens is 352 g/mol. The van der Waals surface area contributed by atoms with Crippen molar-refractivity contribution in [2.24, 2.45) is 0 Å². The number of hydrogen-bond donors (Lipinski definition) is 1. The molecule has 0 heterocycles. The van der Waals surface area contributed by atoms with Crippen LogP contribution >= 0.6 is 0 Å². The lowest BCUT2D eigenvalue weighted by atomic mass is 9.98. The lowest BCUT2D eigenvalue weighted by Crippen LogP contribution is -2.41. The summed E-state index contributed by atoms with van der Waals surface area (Å²) >= 11 is 0. The Balaban J connectivity index is 1.86. The number of sulfonamides is 1. The Morgan fingerprint density at radius 2 is 1.88 bits per heavy atom. The van der Waals surface area contributed by atoms with Crippen LogP contribution in [0.2, 0.25) is 0 Å². The number of carbonyl (C=O) groups excluding carboxylic acids is 1. The minimum Gasteiger partial charge on any atom is -0.378 e. The molecule has 0 radical (unpaired) electrons. The molecule has 1 atom stereocenters. The van der Waals surface area contributed by atoms with Crippen molar-refractivity contribution in [2.45, 2.75) is 50.7 Å². The summed E-state index contributed by atoms with van der Waals surface area (Å²) in [6.45, 7) is 1.08. The van der Waals surface area contributed by atoms with Gasteiger partial charge in [-0.05, 0) is 24.8 Å². The predicted molar refractivity (Wildman–Crippen MR) is 102 cm³/mol. The molecular formula is C19H30N2O4S. The van der Waals surface area contributed by atoms with Gasteiger partial charge in [0.25, 0.3) is 0 Å². The van der Waals surface area contributed by atoms with Gasteiger partial charge in [-0.3, -0.25) is 4.79 Å². The topological polar surface area (TPSA) is 75.7 Å². The average molecular weight is 383 g/mol. The fourth-order valence-electron chi connectivity index (χ4n) is 3.22. The van der Waals surface area contributed by atoms with E-state index in [1.165, 1.54) is 26.3 Å². The zero-order valence-electron chi connectivity index (χ0n) is 15.7. The van der Waals surface area contributed by atoms with E-state index in [-0.39, 0.29) is 5.91 Å². The van der Waals surface area contributed by atoms with Crippen LogP contribution in [0.1, 0.15) is 50.1 Å². The van der Waals surface area contributed by atoms with Crippen LogP contribution in [0, 0.1) is 0 Å². The molecule has 1 fully saturated rings. The zero-order chi connectivity index (χ0) is 19.0. The van der Waals surface area contributed by atoms with E-state index in [9.17, 15) is 13.2 Å². The maximum Gasteiger partial charge on any atom is 0.242 e. The van der Waals surface area contributed by atoms with Crippen LogP contribution in [0.25, 0.3) is 0 Å². The molecule has 2 rings (SSSR count). The number of rotatable bonds is 9. The standard InChI is InChI=1S/C19H30N2O4S/c1-21(26(2,23)24)18(16-10-5-3-6-11-16)19(22)20-14-9-15-25-17-12-7-4-8-13-17/h3,5-6,10-11,17-18H,4,7-9,12-15H2,1-2H3,(H,20,22)/t18-/m1/s1. The van der Waals surface area contributed by atoms with Gasteiger partial charge >= 0.3 is 0 Å². The molecule has 146 valence electrons. The summed E-state index contributed by atoms with van der Waals surface area (Å²) in [7, 11) is -2.07. The smallest absolute Gasteiger partial charge is 0.242 e. The van der Waals surface area contributed by atoms with Crippen LogP contribution < -0.4 is 5.32 Å². The molecule has 0 aliphatic heterocycles. The Kier molecular flexibility index (Phi) is 8.06. The summed E-state index contributed by atoms with van der Waals surface area (Å²) in [6.07, 6.45) is 8.19. The molecule has 1 N–H and O–H groups in total. The van der Waals surface area contributed by atoms with Crippen molar-refractivity contribution in [1.29, 1.82) is 0 Å². The van der Waals surface area contributed by atoms with E-state index in [1.54, 1.807) is 24.3 Å². The quantitative estimate of drug-likeness (QED) is 0.666. The molecule has 0 bridgehead atoms. The second-order valence-corrected chi connectivity index (χ2v) is 8.91. The van der Waals surface area contributed by atoms with E-state index in [2.05, 4.69) is 5.32 Å². The lowest BCUT2D eigenvalue weighted by molar-refractivity contribution is -0.124. The first-order chi connectivity index (χ1) is 12.4. The largest absolute Gasteiger partial charge is 0.378 e. The Morgan fingerprint density at radius 1 is 1.23 bits per heavy atom. The molecule has 1 aromatic rings. The third-order valence-corrected chi connectivity index (χ3v) is 6.03. The van der Waals surface area contributed by atoms with Crippen molar-refractivity contribution in [1.82, 2.24) is 9.62 Å². The predicted octanol–water partition coefficient (Wildman–Crippen LogP) is 2.47. The van der Waals surface area contributed by atoms with Crippen molar-refractivity contribution in [3.8, 4) is 0 Å². The molecule has 0 saturated heterocycles. The van der Waals surface area contributed by atoms with E-state index >= 15 is 0 Å². The Labute approximate surface area is 157 Å². The molecule has 6 nitrogen and oxygen atoms in total. The lowest BCUT2D eigenvalue weighted by Gasteiger charge is -2.26. The first-order valence-corrected chi connectivity index (χ1v) is 11.1. The highest BCUT2D eigenvalue weighted by Gasteiger charge is 2.30. The number of nitrogens with one attached hydrogen (secondary N) is 1. The number of ether oxygens (including phenoxy) is 1. The van der Waals surface area contributed by atoms with E-state index in [0.29, 0.717) is 31.2 Å². The second kappa shape index (κ2) is 10.0. The van der Waals surface area contributed by atoms with Gasteiger partial charge in [-0.25, -0.2) is 8.42 Å². The highest BCUT2D eigenvalue weighted by Crippen LogP contribution is 2.22. The molecule has 1 saturated carbocycles. The molecule has 1 aromatic carbocycles. The van der Waals surface area contributed by atoms with Gasteiger partial charge in [0.15, 0.2) is 0 Å². The van der Waals surface area contributed by atoms with E-state index in [0.717, 1.165) is 23.4 Å². The van der Waals surface area contributed by atoms with Gasteiger partial charge < -0.3 is 10.1 Å². The number of hydrogen-bond acceptors (Lipinski definition) is 4. The molecule has 1 amide bonds. The van der Waals surface area contributed by atoms with Crippen LogP contribution in [0.5, 0.6) is 0 Å². The summed E-state index contributed by atoms with van der Waals surface area (Å²) < 4.78 is 30.8. The summed E-state index contributed by atoms with van der Waals surface area (Å²) in [5, 5.41) is 2.85. The van der Waals surface area contributed by atoms with Crippen LogP contribution in [0.3, 0.4) is 0 Å². The van der Waals surface area contributed by atoms with Crippen molar-refractivity contribution >= 4 is 15.9 Å². The summed E-state index contributed by atoms with van der Waals surface area (Å²) in [5.41, 5.74) is 0.649. The first-order valence-electron chi connectivity index (χ1n) is 9.27. The van der Waals surface area contributed by atoms with Crippen LogP contribution in [0.15, 0.2) is 30.3 Å². The molecule has 1 aliphatic rings. The van der Waals surface area contributed by atoms with Crippen molar-refractivity contribution in [2.75, 3.05) is 26.5 Å². The normalized spacial score (nSPS) is 17.2. The van der Waals surface area contributed by atoms with Crippen LogP contribution in [-0.4, -0.2) is 51.2 Å². The maximum atomic E-state index is 12.6. The van der Waals surface area contributed by atoms with Gasteiger partial charge in [-0.1, -0.05) is 49.6 Å². The number of likely N-dealkylation sites (N-methyl/N-ethyl adjacent to an activating group) is 1. The Hall–Kier alpha value is -1.44. The van der Waals surface area contributed by atoms with Gasteiger partial charge in [0, 0.05) is 20.2 Å². The Bertz CT molecular complexity index is 657.